The molecule has 1 aromatic heterocycles. The van der Waals surface area contributed by atoms with Gasteiger partial charge in [-0.25, -0.2) is 27.4 Å². The standard InChI is InChI=1S/C30H39FN6O6S/c1-6-9-18-42-28(38)25(19-21-10-14-23(15-11-21)43-30(39)36(4)5)33-27-26(20-32-29(34-27)37(7-2)8-3)35-44(40,41)24-16-12-22(31)13-17-24/h10-17,20,25,35H,6-9,18-19H2,1-5H3,(H,32,33,34). The Labute approximate surface area is 257 Å². The average Bonchev–Trinajstić information content (AvgIpc) is 2.99. The Morgan fingerprint density at radius 2 is 1.66 bits per heavy atom. The van der Waals surface area contributed by atoms with E-state index in [2.05, 4.69) is 20.0 Å². The predicted octanol–water partition coefficient (Wildman–Crippen LogP) is 4.69. The molecule has 1 amide bonds. The molecule has 0 aliphatic rings. The molecule has 0 saturated carbocycles. The van der Waals surface area contributed by atoms with Crippen LogP contribution in [-0.2, 0) is 26.0 Å². The minimum atomic E-state index is -4.16. The van der Waals surface area contributed by atoms with Gasteiger partial charge in [0.1, 0.15) is 23.3 Å². The van der Waals surface area contributed by atoms with Crippen molar-refractivity contribution in [3.05, 3.63) is 66.1 Å². The van der Waals surface area contributed by atoms with Gasteiger partial charge in [-0.1, -0.05) is 25.5 Å². The first kappa shape index (κ1) is 34.0. The molecule has 1 atom stereocenters. The molecule has 44 heavy (non-hydrogen) atoms. The number of hydrogen-bond donors (Lipinski definition) is 2. The third-order valence-electron chi connectivity index (χ3n) is 6.46. The zero-order chi connectivity index (χ0) is 32.3. The second kappa shape index (κ2) is 15.8. The summed E-state index contributed by atoms with van der Waals surface area (Å²) in [5.74, 6) is -0.419. The molecular weight excluding hydrogens is 591 g/mol. The number of halogens is 1. The quantitative estimate of drug-likeness (QED) is 0.179. The first-order valence-corrected chi connectivity index (χ1v) is 15.8. The first-order valence-electron chi connectivity index (χ1n) is 14.3. The lowest BCUT2D eigenvalue weighted by Crippen LogP contribution is -2.35. The van der Waals surface area contributed by atoms with E-state index in [9.17, 15) is 22.4 Å². The van der Waals surface area contributed by atoms with E-state index < -0.39 is 33.9 Å². The number of carbonyl (C=O) groups excluding carboxylic acids is 2. The summed E-state index contributed by atoms with van der Waals surface area (Å²) in [7, 11) is -1.01. The molecule has 0 saturated heterocycles. The van der Waals surface area contributed by atoms with E-state index in [0.717, 1.165) is 30.7 Å². The minimum Gasteiger partial charge on any atom is -0.464 e. The number of benzene rings is 2. The number of hydrogen-bond acceptors (Lipinski definition) is 10. The van der Waals surface area contributed by atoms with Crippen LogP contribution in [0.2, 0.25) is 0 Å². The molecule has 0 bridgehead atoms. The SMILES string of the molecule is CCCCOC(=O)C(Cc1ccc(OC(=O)N(C)C)cc1)Nc1nc(N(CC)CC)ncc1NS(=O)(=O)c1ccc(F)cc1. The van der Waals surface area contributed by atoms with Gasteiger partial charge in [0.25, 0.3) is 10.0 Å². The molecule has 0 spiro atoms. The number of anilines is 3. The van der Waals surface area contributed by atoms with Crippen molar-refractivity contribution in [2.75, 3.05) is 48.7 Å². The van der Waals surface area contributed by atoms with E-state index >= 15 is 0 Å². The molecule has 2 N–H and O–H groups in total. The van der Waals surface area contributed by atoms with Gasteiger partial charge < -0.3 is 24.6 Å². The number of esters is 1. The van der Waals surface area contributed by atoms with Gasteiger partial charge in [-0.3, -0.25) is 4.72 Å². The second-order valence-corrected chi connectivity index (χ2v) is 11.7. The lowest BCUT2D eigenvalue weighted by atomic mass is 10.1. The van der Waals surface area contributed by atoms with Crippen LogP contribution in [0.1, 0.15) is 39.2 Å². The molecule has 2 aromatic carbocycles. The Morgan fingerprint density at radius 1 is 1.00 bits per heavy atom. The van der Waals surface area contributed by atoms with Crippen LogP contribution < -0.4 is 19.7 Å². The molecule has 14 heteroatoms. The lowest BCUT2D eigenvalue weighted by molar-refractivity contribution is -0.144. The molecule has 0 fully saturated rings. The number of nitrogens with zero attached hydrogens (tertiary/aromatic N) is 4. The fourth-order valence-electron chi connectivity index (χ4n) is 3.93. The van der Waals surface area contributed by atoms with E-state index in [0.29, 0.717) is 36.8 Å². The van der Waals surface area contributed by atoms with Crippen molar-refractivity contribution in [3.8, 4) is 5.75 Å². The summed E-state index contributed by atoms with van der Waals surface area (Å²) in [5, 5.41) is 3.08. The Kier molecular flexibility index (Phi) is 12.3. The summed E-state index contributed by atoms with van der Waals surface area (Å²) >= 11 is 0. The van der Waals surface area contributed by atoms with Crippen molar-refractivity contribution in [2.45, 2.75) is 51.0 Å². The highest BCUT2D eigenvalue weighted by Crippen LogP contribution is 2.26. The fraction of sp³-hybridized carbons (Fsp3) is 0.400. The molecule has 0 aliphatic carbocycles. The van der Waals surface area contributed by atoms with E-state index in [-0.39, 0.29) is 29.4 Å². The summed E-state index contributed by atoms with van der Waals surface area (Å²) in [4.78, 5) is 37.1. The van der Waals surface area contributed by atoms with Gasteiger partial charge >= 0.3 is 12.1 Å². The van der Waals surface area contributed by atoms with Crippen LogP contribution in [-0.4, -0.2) is 75.2 Å². The highest BCUT2D eigenvalue weighted by molar-refractivity contribution is 7.92. The Morgan fingerprint density at radius 3 is 2.25 bits per heavy atom. The number of ether oxygens (including phenoxy) is 2. The first-order chi connectivity index (χ1) is 21.0. The van der Waals surface area contributed by atoms with E-state index in [4.69, 9.17) is 9.47 Å². The number of unbranched alkanes of at least 4 members (excludes halogenated alkanes) is 1. The van der Waals surface area contributed by atoms with Crippen LogP contribution >= 0.6 is 0 Å². The molecule has 12 nitrogen and oxygen atoms in total. The molecule has 3 rings (SSSR count). The highest BCUT2D eigenvalue weighted by Gasteiger charge is 2.25. The number of sulfonamides is 1. The van der Waals surface area contributed by atoms with E-state index in [1.54, 1.807) is 38.4 Å². The van der Waals surface area contributed by atoms with Crippen LogP contribution in [0.4, 0.5) is 26.6 Å². The predicted molar refractivity (Wildman–Crippen MR) is 166 cm³/mol. The minimum absolute atomic E-state index is 0.0115. The number of carbonyl (C=O) groups is 2. The van der Waals surface area contributed by atoms with Gasteiger partial charge in [-0.2, -0.15) is 4.98 Å². The molecule has 1 unspecified atom stereocenters. The van der Waals surface area contributed by atoms with Gasteiger partial charge in [0, 0.05) is 33.6 Å². The van der Waals surface area contributed by atoms with Crippen molar-refractivity contribution < 1.29 is 31.9 Å². The Bertz CT molecular complexity index is 1500. The summed E-state index contributed by atoms with van der Waals surface area (Å²) < 4.78 is 53.1. The second-order valence-electron chi connectivity index (χ2n) is 9.99. The highest BCUT2D eigenvalue weighted by atomic mass is 32.2. The molecular formula is C30H39FN6O6S. The summed E-state index contributed by atoms with van der Waals surface area (Å²) in [6.07, 6.45) is 2.43. The lowest BCUT2D eigenvalue weighted by Gasteiger charge is -2.23. The molecule has 3 aromatic rings. The Hall–Kier alpha value is -4.46. The maximum atomic E-state index is 13.5. The summed E-state index contributed by atoms with van der Waals surface area (Å²) in [6, 6.07) is 10.1. The number of nitrogens with one attached hydrogen (secondary N) is 2. The Balaban J connectivity index is 1.97. The molecule has 0 aliphatic heterocycles. The van der Waals surface area contributed by atoms with Crippen LogP contribution in [0.3, 0.4) is 0 Å². The largest absolute Gasteiger partial charge is 0.464 e. The zero-order valence-corrected chi connectivity index (χ0v) is 26.4. The number of aromatic nitrogens is 2. The van der Waals surface area contributed by atoms with Crippen molar-refractivity contribution in [1.29, 1.82) is 0 Å². The normalized spacial score (nSPS) is 11.8. The molecule has 1 heterocycles. The van der Waals surface area contributed by atoms with E-state index in [1.807, 2.05) is 25.7 Å². The zero-order valence-electron chi connectivity index (χ0n) is 25.5. The van der Waals surface area contributed by atoms with Gasteiger partial charge in [0.2, 0.25) is 5.95 Å². The van der Waals surface area contributed by atoms with Crippen LogP contribution in [0.5, 0.6) is 5.75 Å². The average molecular weight is 631 g/mol. The maximum absolute atomic E-state index is 13.5. The monoisotopic (exact) mass is 630 g/mol. The third-order valence-corrected chi connectivity index (χ3v) is 7.84. The van der Waals surface area contributed by atoms with Crippen LogP contribution in [0.15, 0.2) is 59.6 Å². The van der Waals surface area contributed by atoms with Crippen LogP contribution in [0, 0.1) is 5.82 Å². The van der Waals surface area contributed by atoms with Crippen molar-refractivity contribution >= 4 is 39.5 Å². The van der Waals surface area contributed by atoms with E-state index in [1.165, 1.54) is 11.1 Å². The number of amides is 1. The van der Waals surface area contributed by atoms with Crippen LogP contribution in [0.25, 0.3) is 0 Å². The maximum Gasteiger partial charge on any atom is 0.414 e. The number of rotatable bonds is 15. The van der Waals surface area contributed by atoms with Crippen molar-refractivity contribution in [2.24, 2.45) is 0 Å². The summed E-state index contributed by atoms with van der Waals surface area (Å²) in [6.45, 7) is 7.22. The van der Waals surface area contributed by atoms with Crippen molar-refractivity contribution in [1.82, 2.24) is 14.9 Å². The molecule has 0 radical (unpaired) electrons. The third kappa shape index (κ3) is 9.53. The topological polar surface area (TPSA) is 143 Å². The van der Waals surface area contributed by atoms with Gasteiger partial charge in [0.05, 0.1) is 17.7 Å². The van der Waals surface area contributed by atoms with Gasteiger partial charge in [-0.05, 0) is 62.2 Å². The fourth-order valence-corrected chi connectivity index (χ4v) is 4.98. The van der Waals surface area contributed by atoms with Gasteiger partial charge in [0.15, 0.2) is 5.82 Å². The molecule has 238 valence electrons. The smallest absolute Gasteiger partial charge is 0.414 e. The summed E-state index contributed by atoms with van der Waals surface area (Å²) in [5.41, 5.74) is 0.702. The van der Waals surface area contributed by atoms with Crippen molar-refractivity contribution in [3.63, 3.8) is 0 Å². The van der Waals surface area contributed by atoms with Gasteiger partial charge in [-0.15, -0.1) is 0 Å².